The molecule has 4 aromatic rings. The van der Waals surface area contributed by atoms with Gasteiger partial charge in [0.25, 0.3) is 5.91 Å². The molecule has 1 atom stereocenters. The third kappa shape index (κ3) is 4.81. The van der Waals surface area contributed by atoms with Gasteiger partial charge in [0.1, 0.15) is 16.5 Å². The minimum atomic E-state index is -0.542. The van der Waals surface area contributed by atoms with Crippen LogP contribution in [0.4, 0.5) is 0 Å². The molecule has 3 aromatic heterocycles. The summed E-state index contributed by atoms with van der Waals surface area (Å²) < 4.78 is 0. The van der Waals surface area contributed by atoms with Crippen molar-refractivity contribution in [1.82, 2.24) is 20.3 Å². The first kappa shape index (κ1) is 20.4. The van der Waals surface area contributed by atoms with E-state index in [1.54, 1.807) is 60.5 Å². The van der Waals surface area contributed by atoms with Crippen LogP contribution in [0.3, 0.4) is 0 Å². The highest BCUT2D eigenvalue weighted by Gasteiger charge is 2.24. The lowest BCUT2D eigenvalue weighted by Gasteiger charge is -2.18. The maximum Gasteiger partial charge on any atom is 0.271 e. The van der Waals surface area contributed by atoms with E-state index in [1.807, 2.05) is 18.2 Å². The first-order chi connectivity index (χ1) is 15.1. The van der Waals surface area contributed by atoms with E-state index in [9.17, 15) is 9.90 Å². The Bertz CT molecular complexity index is 1190. The molecule has 0 spiro atoms. The molecule has 0 saturated heterocycles. The molecule has 4 rings (SSSR count). The molecule has 3 heterocycles. The van der Waals surface area contributed by atoms with Gasteiger partial charge in [-0.25, -0.2) is 4.98 Å². The minimum absolute atomic E-state index is 0.0857. The highest BCUT2D eigenvalue weighted by molar-refractivity contribution is 7.13. The molecule has 7 nitrogen and oxygen atoms in total. The van der Waals surface area contributed by atoms with Crippen molar-refractivity contribution >= 4 is 23.0 Å². The number of phenols is 1. The summed E-state index contributed by atoms with van der Waals surface area (Å²) in [5, 5.41) is 22.1. The number of aromatic hydroxyl groups is 1. The Morgan fingerprint density at radius 2 is 1.87 bits per heavy atom. The maximum atomic E-state index is 13.0. The number of hydrogen-bond acceptors (Lipinski definition) is 6. The third-order valence-electron chi connectivity index (χ3n) is 4.74. The summed E-state index contributed by atoms with van der Waals surface area (Å²) in [5.41, 5.74) is 3.10. The summed E-state index contributed by atoms with van der Waals surface area (Å²) in [4.78, 5) is 25.5. The SMILES string of the molecule is [NH2+]=C(CC(NC(=O)c1csc(-c2ccncc2)n1)c1ccccc1O)c1cccnc1. The molecule has 0 aliphatic carbocycles. The van der Waals surface area contributed by atoms with E-state index in [-0.39, 0.29) is 11.7 Å². The van der Waals surface area contributed by atoms with Gasteiger partial charge in [-0.2, -0.15) is 0 Å². The van der Waals surface area contributed by atoms with Crippen molar-refractivity contribution in [2.75, 3.05) is 0 Å². The van der Waals surface area contributed by atoms with Gasteiger partial charge in [0, 0.05) is 41.3 Å². The zero-order valence-corrected chi connectivity index (χ0v) is 17.3. The van der Waals surface area contributed by atoms with Crippen molar-refractivity contribution in [2.24, 2.45) is 0 Å². The van der Waals surface area contributed by atoms with Crippen LogP contribution in [0.5, 0.6) is 5.75 Å². The maximum absolute atomic E-state index is 13.0. The Hall–Kier alpha value is -3.91. The van der Waals surface area contributed by atoms with E-state index in [0.717, 1.165) is 16.1 Å². The number of phenolic OH excluding ortho intramolecular Hbond substituents is 1. The molecule has 0 fully saturated rings. The van der Waals surface area contributed by atoms with Crippen molar-refractivity contribution in [3.8, 4) is 16.3 Å². The van der Waals surface area contributed by atoms with Crippen LogP contribution in [0.1, 0.15) is 34.1 Å². The number of para-hydroxylation sites is 1. The van der Waals surface area contributed by atoms with E-state index >= 15 is 0 Å². The Morgan fingerprint density at radius 3 is 2.61 bits per heavy atom. The molecule has 0 saturated carbocycles. The Morgan fingerprint density at radius 1 is 1.06 bits per heavy atom. The van der Waals surface area contributed by atoms with Gasteiger partial charge in [0.05, 0.1) is 18.0 Å². The van der Waals surface area contributed by atoms with Gasteiger partial charge in [0.15, 0.2) is 5.71 Å². The predicted molar refractivity (Wildman–Crippen MR) is 119 cm³/mol. The van der Waals surface area contributed by atoms with E-state index in [4.69, 9.17) is 5.41 Å². The van der Waals surface area contributed by atoms with Crippen LogP contribution in [-0.2, 0) is 0 Å². The van der Waals surface area contributed by atoms with Gasteiger partial charge < -0.3 is 10.4 Å². The van der Waals surface area contributed by atoms with Crippen molar-refractivity contribution in [3.63, 3.8) is 0 Å². The zero-order valence-electron chi connectivity index (χ0n) is 16.5. The van der Waals surface area contributed by atoms with E-state index in [1.165, 1.54) is 11.3 Å². The summed E-state index contributed by atoms with van der Waals surface area (Å²) in [6.45, 7) is 0. The van der Waals surface area contributed by atoms with E-state index in [2.05, 4.69) is 20.3 Å². The minimum Gasteiger partial charge on any atom is -0.508 e. The van der Waals surface area contributed by atoms with Crippen LogP contribution >= 0.6 is 11.3 Å². The number of benzene rings is 1. The first-order valence-electron chi connectivity index (χ1n) is 9.58. The van der Waals surface area contributed by atoms with Gasteiger partial charge in [-0.15, -0.1) is 11.3 Å². The lowest BCUT2D eigenvalue weighted by molar-refractivity contribution is -0.115. The van der Waals surface area contributed by atoms with E-state index < -0.39 is 6.04 Å². The monoisotopic (exact) mass is 430 g/mol. The number of rotatable bonds is 7. The normalized spacial score (nSPS) is 11.6. The van der Waals surface area contributed by atoms with Gasteiger partial charge in [0.2, 0.25) is 0 Å². The first-order valence-corrected chi connectivity index (χ1v) is 10.5. The molecule has 0 aliphatic heterocycles. The lowest BCUT2D eigenvalue weighted by atomic mass is 9.97. The molecule has 0 aliphatic rings. The molecule has 0 radical (unpaired) electrons. The number of carbonyl (C=O) groups excluding carboxylic acids is 1. The summed E-state index contributed by atoms with van der Waals surface area (Å²) in [6, 6.07) is 13.7. The molecular weight excluding hydrogens is 410 g/mol. The second-order valence-corrected chi connectivity index (χ2v) is 7.69. The van der Waals surface area contributed by atoms with Crippen molar-refractivity contribution in [3.05, 3.63) is 95.5 Å². The zero-order chi connectivity index (χ0) is 21.6. The van der Waals surface area contributed by atoms with Gasteiger partial charge in [-0.3, -0.25) is 20.2 Å². The van der Waals surface area contributed by atoms with Crippen LogP contribution in [0.2, 0.25) is 0 Å². The number of carbonyl (C=O) groups is 1. The standard InChI is InChI=1S/C23H19N5O2S/c24-18(16-4-3-9-26-13-16)12-19(17-5-1-2-6-21(17)29)27-22(30)20-14-31-23(28-20)15-7-10-25-11-8-15/h1-11,13-14,19,24,29H,12H2,(H,27,30)/p+1. The predicted octanol–water partition coefficient (Wildman–Crippen LogP) is 2.42. The number of aromatic nitrogens is 3. The smallest absolute Gasteiger partial charge is 0.271 e. The number of nitrogens with zero attached hydrogens (tertiary/aromatic N) is 3. The molecule has 1 unspecified atom stereocenters. The third-order valence-corrected chi connectivity index (χ3v) is 5.63. The fourth-order valence-electron chi connectivity index (χ4n) is 3.15. The van der Waals surface area contributed by atoms with Crippen molar-refractivity contribution in [1.29, 1.82) is 0 Å². The quantitative estimate of drug-likeness (QED) is 0.390. The molecule has 8 heteroatoms. The average molecular weight is 431 g/mol. The van der Waals surface area contributed by atoms with Crippen LogP contribution in [0.25, 0.3) is 10.6 Å². The number of amides is 1. The number of nitrogens with two attached hydrogens (primary N) is 1. The average Bonchev–Trinajstić information content (AvgIpc) is 3.31. The van der Waals surface area contributed by atoms with Crippen LogP contribution in [0, 0.1) is 0 Å². The number of hydrogen-bond donors (Lipinski definition) is 3. The topological polar surface area (TPSA) is 114 Å². The highest BCUT2D eigenvalue weighted by Crippen LogP contribution is 2.28. The largest absolute Gasteiger partial charge is 0.508 e. The van der Waals surface area contributed by atoms with Crippen LogP contribution in [0.15, 0.2) is 78.7 Å². The van der Waals surface area contributed by atoms with Gasteiger partial charge in [-0.05, 0) is 30.3 Å². The van der Waals surface area contributed by atoms with Crippen LogP contribution in [-0.4, -0.2) is 31.7 Å². The second-order valence-electron chi connectivity index (χ2n) is 6.83. The molecule has 154 valence electrons. The summed E-state index contributed by atoms with van der Waals surface area (Å²) >= 11 is 1.38. The Kier molecular flexibility index (Phi) is 6.09. The summed E-state index contributed by atoms with van der Waals surface area (Å²) in [6.07, 6.45) is 7.00. The number of thiazole rings is 1. The fourth-order valence-corrected chi connectivity index (χ4v) is 3.95. The molecule has 1 amide bonds. The molecule has 31 heavy (non-hydrogen) atoms. The fraction of sp³-hybridized carbons (Fsp3) is 0.0870. The number of pyridine rings is 2. The molecule has 0 bridgehead atoms. The second kappa shape index (κ2) is 9.27. The Balaban J connectivity index is 1.57. The van der Waals surface area contributed by atoms with Crippen molar-refractivity contribution < 1.29 is 15.3 Å². The Labute approximate surface area is 183 Å². The highest BCUT2D eigenvalue weighted by atomic mass is 32.1. The lowest BCUT2D eigenvalue weighted by Crippen LogP contribution is -2.43. The van der Waals surface area contributed by atoms with Gasteiger partial charge in [-0.1, -0.05) is 18.2 Å². The molecule has 4 N–H and O–H groups in total. The molecular formula is C23H20N5O2S+. The van der Waals surface area contributed by atoms with Crippen LogP contribution < -0.4 is 10.7 Å². The van der Waals surface area contributed by atoms with Crippen molar-refractivity contribution in [2.45, 2.75) is 12.5 Å². The van der Waals surface area contributed by atoms with E-state index in [0.29, 0.717) is 23.4 Å². The number of nitrogens with one attached hydrogen (secondary N) is 1. The summed E-state index contributed by atoms with van der Waals surface area (Å²) in [5.74, 6) is -0.258. The van der Waals surface area contributed by atoms with Gasteiger partial charge >= 0.3 is 0 Å². The molecule has 1 aromatic carbocycles. The summed E-state index contributed by atoms with van der Waals surface area (Å²) in [7, 11) is 0.